The van der Waals surface area contributed by atoms with Crippen molar-refractivity contribution in [3.63, 3.8) is 0 Å². The van der Waals surface area contributed by atoms with E-state index in [-0.39, 0.29) is 0 Å². The summed E-state index contributed by atoms with van der Waals surface area (Å²) >= 11 is 0. The van der Waals surface area contributed by atoms with Gasteiger partial charge >= 0.3 is 0 Å². The van der Waals surface area contributed by atoms with Crippen molar-refractivity contribution in [2.75, 3.05) is 11.9 Å². The van der Waals surface area contributed by atoms with E-state index in [9.17, 15) is 0 Å². The molecule has 17 heavy (non-hydrogen) atoms. The van der Waals surface area contributed by atoms with Gasteiger partial charge in [0.2, 0.25) is 0 Å². The molecule has 3 heteroatoms. The molecule has 2 rings (SSSR count). The summed E-state index contributed by atoms with van der Waals surface area (Å²) in [5.74, 6) is 3.14. The van der Waals surface area contributed by atoms with Crippen molar-refractivity contribution >= 4 is 16.7 Å². The van der Waals surface area contributed by atoms with E-state index < -0.39 is 0 Å². The van der Waals surface area contributed by atoms with Crippen molar-refractivity contribution in [2.24, 2.45) is 0 Å². The highest BCUT2D eigenvalue weighted by Crippen LogP contribution is 2.19. The normalized spacial score (nSPS) is 9.53. The van der Waals surface area contributed by atoms with Crippen molar-refractivity contribution in [3.8, 4) is 18.4 Å². The number of benzene rings is 1. The summed E-state index contributed by atoms with van der Waals surface area (Å²) in [6.45, 7) is 0.622. The molecule has 0 saturated heterocycles. The van der Waals surface area contributed by atoms with E-state index in [1.165, 1.54) is 0 Å². The molecule has 1 aromatic heterocycles. The molecular weight excluding hydrogens is 210 g/mol. The topological polar surface area (TPSA) is 48.7 Å². The third-order valence-corrected chi connectivity index (χ3v) is 2.41. The predicted molar refractivity (Wildman–Crippen MR) is 68.4 cm³/mol. The molecule has 0 aliphatic carbocycles. The highest BCUT2D eigenvalue weighted by atomic mass is 15.0. The molecule has 1 heterocycles. The maximum Gasteiger partial charge on any atom is 0.144 e. The zero-order valence-electron chi connectivity index (χ0n) is 9.27. The summed E-state index contributed by atoms with van der Waals surface area (Å²) in [5, 5.41) is 13.1. The quantitative estimate of drug-likeness (QED) is 0.640. The fourth-order valence-electron chi connectivity index (χ4n) is 1.59. The van der Waals surface area contributed by atoms with Crippen LogP contribution < -0.4 is 5.32 Å². The van der Waals surface area contributed by atoms with Crippen LogP contribution in [0.5, 0.6) is 0 Å². The van der Waals surface area contributed by atoms with Crippen LogP contribution in [-0.2, 0) is 0 Å². The summed E-state index contributed by atoms with van der Waals surface area (Å²) in [6.07, 6.45) is 5.79. The van der Waals surface area contributed by atoms with Crippen molar-refractivity contribution in [2.45, 2.75) is 6.42 Å². The first kappa shape index (κ1) is 11.0. The molecule has 0 saturated carbocycles. The second-order valence-electron chi connectivity index (χ2n) is 3.57. The molecule has 0 fully saturated rings. The summed E-state index contributed by atoms with van der Waals surface area (Å²) in [6, 6.07) is 11.7. The Morgan fingerprint density at radius 2 is 2.18 bits per heavy atom. The lowest BCUT2D eigenvalue weighted by atomic mass is 10.1. The third-order valence-electron chi connectivity index (χ3n) is 2.41. The Hall–Kier alpha value is -2.52. The number of anilines is 1. The second kappa shape index (κ2) is 5.01. The van der Waals surface area contributed by atoms with Gasteiger partial charge in [0.1, 0.15) is 11.9 Å². The van der Waals surface area contributed by atoms with Gasteiger partial charge in [-0.05, 0) is 12.1 Å². The minimum Gasteiger partial charge on any atom is -0.368 e. The molecule has 2 aromatic rings. The maximum absolute atomic E-state index is 9.06. The third kappa shape index (κ3) is 2.35. The standard InChI is InChI=1S/C14H11N3/c1-2-3-8-16-14-12(10-15)9-11-6-4-5-7-13(11)17-14/h1,4-7,9H,3,8H2,(H,16,17). The lowest BCUT2D eigenvalue weighted by molar-refractivity contribution is 1.08. The minimum atomic E-state index is 0.542. The van der Waals surface area contributed by atoms with Gasteiger partial charge in [-0.25, -0.2) is 4.98 Å². The van der Waals surface area contributed by atoms with Crippen LogP contribution in [0.25, 0.3) is 10.9 Å². The average Bonchev–Trinajstić information content (AvgIpc) is 2.38. The van der Waals surface area contributed by atoms with Gasteiger partial charge in [0, 0.05) is 18.4 Å². The first-order valence-corrected chi connectivity index (χ1v) is 5.32. The van der Waals surface area contributed by atoms with Gasteiger partial charge in [0.25, 0.3) is 0 Å². The lowest BCUT2D eigenvalue weighted by Crippen LogP contribution is -2.04. The van der Waals surface area contributed by atoms with E-state index in [1.54, 1.807) is 0 Å². The molecule has 0 radical (unpaired) electrons. The number of pyridine rings is 1. The monoisotopic (exact) mass is 221 g/mol. The molecule has 0 aliphatic rings. The molecule has 0 amide bonds. The predicted octanol–water partition coefficient (Wildman–Crippen LogP) is 2.54. The summed E-state index contributed by atoms with van der Waals surface area (Å²) in [5.41, 5.74) is 1.41. The van der Waals surface area contributed by atoms with Crippen LogP contribution in [0, 0.1) is 23.7 Å². The summed E-state index contributed by atoms with van der Waals surface area (Å²) in [4.78, 5) is 4.42. The highest BCUT2D eigenvalue weighted by molar-refractivity contribution is 5.82. The van der Waals surface area contributed by atoms with E-state index in [0.29, 0.717) is 24.3 Å². The van der Waals surface area contributed by atoms with Crippen LogP contribution in [0.1, 0.15) is 12.0 Å². The van der Waals surface area contributed by atoms with E-state index in [1.807, 2.05) is 30.3 Å². The fourth-order valence-corrected chi connectivity index (χ4v) is 1.59. The van der Waals surface area contributed by atoms with Crippen LogP contribution in [-0.4, -0.2) is 11.5 Å². The summed E-state index contributed by atoms with van der Waals surface area (Å²) in [7, 11) is 0. The van der Waals surface area contributed by atoms with E-state index >= 15 is 0 Å². The smallest absolute Gasteiger partial charge is 0.144 e. The first-order chi connectivity index (χ1) is 8.35. The number of nitriles is 1. The fraction of sp³-hybridized carbons (Fsp3) is 0.143. The zero-order valence-corrected chi connectivity index (χ0v) is 9.27. The molecule has 0 spiro atoms. The van der Waals surface area contributed by atoms with Crippen molar-refractivity contribution in [1.82, 2.24) is 4.98 Å². The van der Waals surface area contributed by atoms with E-state index in [4.69, 9.17) is 11.7 Å². The average molecular weight is 221 g/mol. The van der Waals surface area contributed by atoms with Gasteiger partial charge in [-0.1, -0.05) is 18.2 Å². The van der Waals surface area contributed by atoms with Gasteiger partial charge in [-0.2, -0.15) is 5.26 Å². The van der Waals surface area contributed by atoms with Crippen LogP contribution in [0.4, 0.5) is 5.82 Å². The van der Waals surface area contributed by atoms with Gasteiger partial charge < -0.3 is 5.32 Å². The number of rotatable bonds is 3. The molecule has 82 valence electrons. The molecule has 0 unspecified atom stereocenters. The lowest BCUT2D eigenvalue weighted by Gasteiger charge is -2.07. The van der Waals surface area contributed by atoms with Crippen molar-refractivity contribution in [3.05, 3.63) is 35.9 Å². The highest BCUT2D eigenvalue weighted by Gasteiger charge is 2.05. The number of nitrogens with one attached hydrogen (secondary N) is 1. The van der Waals surface area contributed by atoms with Gasteiger partial charge in [-0.3, -0.25) is 0 Å². The van der Waals surface area contributed by atoms with Crippen molar-refractivity contribution in [1.29, 1.82) is 5.26 Å². The minimum absolute atomic E-state index is 0.542. The van der Waals surface area contributed by atoms with E-state index in [0.717, 1.165) is 10.9 Å². The Balaban J connectivity index is 2.40. The Morgan fingerprint density at radius 3 is 2.94 bits per heavy atom. The molecular formula is C14H11N3. The number of nitrogens with zero attached hydrogens (tertiary/aromatic N) is 2. The molecule has 0 atom stereocenters. The van der Waals surface area contributed by atoms with Crippen LogP contribution in [0.15, 0.2) is 30.3 Å². The maximum atomic E-state index is 9.06. The number of aromatic nitrogens is 1. The molecule has 1 aromatic carbocycles. The second-order valence-corrected chi connectivity index (χ2v) is 3.57. The number of terminal acetylenes is 1. The number of hydrogen-bond donors (Lipinski definition) is 1. The van der Waals surface area contributed by atoms with Crippen LogP contribution in [0.3, 0.4) is 0 Å². The molecule has 1 N–H and O–H groups in total. The van der Waals surface area contributed by atoms with Crippen LogP contribution in [0.2, 0.25) is 0 Å². The van der Waals surface area contributed by atoms with E-state index in [2.05, 4.69) is 22.3 Å². The van der Waals surface area contributed by atoms with Crippen LogP contribution >= 0.6 is 0 Å². The Morgan fingerprint density at radius 1 is 1.35 bits per heavy atom. The van der Waals surface area contributed by atoms with Crippen molar-refractivity contribution < 1.29 is 0 Å². The van der Waals surface area contributed by atoms with Gasteiger partial charge in [-0.15, -0.1) is 12.3 Å². The Bertz CT molecular complexity index is 617. The summed E-state index contributed by atoms with van der Waals surface area (Å²) < 4.78 is 0. The molecule has 0 bridgehead atoms. The number of para-hydroxylation sites is 1. The van der Waals surface area contributed by atoms with Gasteiger partial charge in [0.15, 0.2) is 0 Å². The Labute approximate surface area is 100 Å². The molecule has 3 nitrogen and oxygen atoms in total. The first-order valence-electron chi connectivity index (χ1n) is 5.32. The largest absolute Gasteiger partial charge is 0.368 e. The molecule has 0 aliphatic heterocycles. The number of hydrogen-bond acceptors (Lipinski definition) is 3. The Kier molecular flexibility index (Phi) is 3.23. The zero-order chi connectivity index (χ0) is 12.1. The number of fused-ring (bicyclic) bond motifs is 1. The van der Waals surface area contributed by atoms with Gasteiger partial charge in [0.05, 0.1) is 11.1 Å². The SMILES string of the molecule is C#CCCNc1nc2ccccc2cc1C#N.